The first kappa shape index (κ1) is 31.1. The SMILES string of the molecule is Cn1c(Nc2cc(C(F)(F)F)cn(CCCN3CCCC(F)(F)C3)c2=O)nc2ncc(O/C(=C/N)c3cnccn3)c(Cl)c21. The summed E-state index contributed by atoms with van der Waals surface area (Å²) in [6, 6.07) is 0.687. The predicted octanol–water partition coefficient (Wildman–Crippen LogP) is 4.79. The number of rotatable bonds is 9. The van der Waals surface area contributed by atoms with E-state index < -0.39 is 35.5 Å². The minimum absolute atomic E-state index is 0.0198. The van der Waals surface area contributed by atoms with Gasteiger partial charge in [-0.2, -0.15) is 18.2 Å². The molecule has 0 aliphatic carbocycles. The highest BCUT2D eigenvalue weighted by atomic mass is 35.5. The van der Waals surface area contributed by atoms with Crippen molar-refractivity contribution in [2.45, 2.75) is 37.9 Å². The Labute approximate surface area is 252 Å². The van der Waals surface area contributed by atoms with Gasteiger partial charge in [-0.25, -0.2) is 18.7 Å². The van der Waals surface area contributed by atoms with Crippen LogP contribution in [0.15, 0.2) is 48.0 Å². The van der Waals surface area contributed by atoms with E-state index in [9.17, 15) is 26.7 Å². The number of aromatic nitrogens is 6. The Hall–Kier alpha value is -4.31. The average molecular weight is 640 g/mol. The van der Waals surface area contributed by atoms with Gasteiger partial charge in [-0.05, 0) is 25.5 Å². The van der Waals surface area contributed by atoms with Crippen LogP contribution in [-0.2, 0) is 19.8 Å². The van der Waals surface area contributed by atoms with E-state index in [2.05, 4.69) is 25.3 Å². The van der Waals surface area contributed by atoms with Crippen molar-refractivity contribution in [3.63, 3.8) is 0 Å². The van der Waals surface area contributed by atoms with Gasteiger partial charge in [0.15, 0.2) is 17.2 Å². The number of ether oxygens (including phenoxy) is 1. The molecule has 1 fully saturated rings. The first-order valence-corrected chi connectivity index (χ1v) is 13.8. The molecule has 0 atom stereocenters. The summed E-state index contributed by atoms with van der Waals surface area (Å²) < 4.78 is 77.0. The standard InChI is InChI=1S/C27H27ClF5N9O2/c1-40-22-21(28)20(44-19(11-34)18-12-35-5-6-36-18)13-37-23(22)39-25(40)38-17-10-16(27(31,32)33)14-42(24(17)43)9-3-8-41-7-2-4-26(29,30)15-41/h5-6,10-14H,2-4,7-9,15,34H2,1H3,(H,37,38,39)/b19-11+. The van der Waals surface area contributed by atoms with Gasteiger partial charge < -0.3 is 24.9 Å². The predicted molar refractivity (Wildman–Crippen MR) is 153 cm³/mol. The Morgan fingerprint density at radius 2 is 2.02 bits per heavy atom. The minimum Gasteiger partial charge on any atom is -0.450 e. The number of alkyl halides is 5. The van der Waals surface area contributed by atoms with Crippen LogP contribution in [0.4, 0.5) is 33.6 Å². The second kappa shape index (κ2) is 12.4. The lowest BCUT2D eigenvalue weighted by Crippen LogP contribution is -2.43. The van der Waals surface area contributed by atoms with Crippen LogP contribution in [0.25, 0.3) is 16.9 Å². The number of aryl methyl sites for hydroxylation is 2. The molecule has 3 N–H and O–H groups in total. The summed E-state index contributed by atoms with van der Waals surface area (Å²) in [7, 11) is 1.53. The molecule has 0 bridgehead atoms. The molecule has 1 aliphatic heterocycles. The second-order valence-corrected chi connectivity index (χ2v) is 10.6. The van der Waals surface area contributed by atoms with Crippen LogP contribution in [0.1, 0.15) is 30.5 Å². The number of halogens is 6. The van der Waals surface area contributed by atoms with E-state index in [-0.39, 0.29) is 59.6 Å². The molecule has 0 aromatic carbocycles. The molecule has 0 spiro atoms. The summed E-state index contributed by atoms with van der Waals surface area (Å²) in [6.45, 7) is 0.134. The van der Waals surface area contributed by atoms with Gasteiger partial charge in [0, 0.05) is 51.3 Å². The van der Waals surface area contributed by atoms with Crippen molar-refractivity contribution in [2.24, 2.45) is 12.8 Å². The number of nitrogens with one attached hydrogen (secondary N) is 1. The fourth-order valence-corrected chi connectivity index (χ4v) is 5.18. The lowest BCUT2D eigenvalue weighted by atomic mass is 10.1. The van der Waals surface area contributed by atoms with E-state index in [1.165, 1.54) is 42.6 Å². The Morgan fingerprint density at radius 3 is 2.70 bits per heavy atom. The third-order valence-electron chi connectivity index (χ3n) is 7.00. The monoisotopic (exact) mass is 639 g/mol. The zero-order valence-electron chi connectivity index (χ0n) is 23.3. The lowest BCUT2D eigenvalue weighted by Gasteiger charge is -2.32. The molecule has 234 valence electrons. The van der Waals surface area contributed by atoms with Crippen molar-refractivity contribution in [3.05, 3.63) is 69.9 Å². The number of pyridine rings is 2. The van der Waals surface area contributed by atoms with Crippen LogP contribution < -0.4 is 21.3 Å². The molecule has 4 aromatic rings. The van der Waals surface area contributed by atoms with Crippen LogP contribution in [0.5, 0.6) is 5.75 Å². The lowest BCUT2D eigenvalue weighted by molar-refractivity contribution is -0.138. The maximum Gasteiger partial charge on any atom is 0.417 e. The molecule has 0 amide bonds. The van der Waals surface area contributed by atoms with Gasteiger partial charge in [0.25, 0.3) is 11.5 Å². The van der Waals surface area contributed by atoms with Crippen LogP contribution in [0, 0.1) is 0 Å². The van der Waals surface area contributed by atoms with Gasteiger partial charge in [0.05, 0.1) is 24.5 Å². The Morgan fingerprint density at radius 1 is 1.23 bits per heavy atom. The van der Waals surface area contributed by atoms with Crippen LogP contribution in [-0.4, -0.2) is 59.5 Å². The van der Waals surface area contributed by atoms with Crippen LogP contribution >= 0.6 is 11.6 Å². The topological polar surface area (TPSA) is 129 Å². The highest BCUT2D eigenvalue weighted by molar-refractivity contribution is 6.36. The van der Waals surface area contributed by atoms with Gasteiger partial charge in [0.2, 0.25) is 5.95 Å². The summed E-state index contributed by atoms with van der Waals surface area (Å²) in [5, 5.41) is 2.74. The molecule has 1 aliphatic rings. The molecule has 5 rings (SSSR count). The molecule has 0 radical (unpaired) electrons. The Balaban J connectivity index is 1.41. The maximum absolute atomic E-state index is 13.8. The number of anilines is 2. The summed E-state index contributed by atoms with van der Waals surface area (Å²) in [6.07, 6.45) is 3.08. The van der Waals surface area contributed by atoms with Gasteiger partial charge in [0.1, 0.15) is 21.9 Å². The quantitative estimate of drug-likeness (QED) is 0.196. The highest BCUT2D eigenvalue weighted by Gasteiger charge is 2.35. The third-order valence-corrected chi connectivity index (χ3v) is 7.36. The fraction of sp³-hybridized carbons (Fsp3) is 0.370. The molecule has 0 unspecified atom stereocenters. The number of hydrogen-bond donors (Lipinski definition) is 2. The number of nitrogens with zero attached hydrogens (tertiary/aromatic N) is 7. The highest BCUT2D eigenvalue weighted by Crippen LogP contribution is 2.35. The van der Waals surface area contributed by atoms with Gasteiger partial charge >= 0.3 is 6.18 Å². The second-order valence-electron chi connectivity index (χ2n) is 10.2. The van der Waals surface area contributed by atoms with E-state index in [4.69, 9.17) is 22.1 Å². The van der Waals surface area contributed by atoms with E-state index in [0.29, 0.717) is 24.7 Å². The molecule has 4 aromatic heterocycles. The van der Waals surface area contributed by atoms with Crippen molar-refractivity contribution in [3.8, 4) is 5.75 Å². The number of piperidine rings is 1. The van der Waals surface area contributed by atoms with Gasteiger partial charge in [-0.15, -0.1) is 0 Å². The Bertz CT molecular complexity index is 1740. The largest absolute Gasteiger partial charge is 0.450 e. The molecule has 11 nitrogen and oxygen atoms in total. The fourth-order valence-electron chi connectivity index (χ4n) is 4.88. The number of hydrogen-bond acceptors (Lipinski definition) is 9. The van der Waals surface area contributed by atoms with Crippen molar-refractivity contribution in [2.75, 3.05) is 25.0 Å². The summed E-state index contributed by atoms with van der Waals surface area (Å²) >= 11 is 6.61. The molecule has 17 heteroatoms. The van der Waals surface area contributed by atoms with E-state index in [1.54, 1.807) is 4.90 Å². The average Bonchev–Trinajstić information content (AvgIpc) is 3.29. The van der Waals surface area contributed by atoms with Crippen molar-refractivity contribution in [1.29, 1.82) is 0 Å². The maximum atomic E-state index is 13.8. The minimum atomic E-state index is -4.76. The van der Waals surface area contributed by atoms with Crippen molar-refractivity contribution < 1.29 is 26.7 Å². The normalized spacial score (nSPS) is 15.9. The zero-order chi connectivity index (χ0) is 31.6. The first-order valence-electron chi connectivity index (χ1n) is 13.4. The molecular weight excluding hydrogens is 613 g/mol. The van der Waals surface area contributed by atoms with Crippen molar-refractivity contribution in [1.82, 2.24) is 34.0 Å². The number of imidazole rings is 1. The van der Waals surface area contributed by atoms with Crippen LogP contribution in [0.3, 0.4) is 0 Å². The van der Waals surface area contributed by atoms with Gasteiger partial charge in [-0.1, -0.05) is 11.6 Å². The summed E-state index contributed by atoms with van der Waals surface area (Å²) in [5.74, 6) is -2.60. The van der Waals surface area contributed by atoms with E-state index in [0.717, 1.165) is 10.8 Å². The van der Waals surface area contributed by atoms with E-state index >= 15 is 0 Å². The molecule has 0 saturated carbocycles. The first-order chi connectivity index (χ1) is 20.9. The molecule has 44 heavy (non-hydrogen) atoms. The number of likely N-dealkylation sites (tertiary alicyclic amines) is 1. The number of nitrogens with two attached hydrogens (primary N) is 1. The third kappa shape index (κ3) is 6.75. The smallest absolute Gasteiger partial charge is 0.417 e. The summed E-state index contributed by atoms with van der Waals surface area (Å²) in [5.41, 5.74) is 4.18. The summed E-state index contributed by atoms with van der Waals surface area (Å²) in [4.78, 5) is 31.4. The zero-order valence-corrected chi connectivity index (χ0v) is 24.0. The van der Waals surface area contributed by atoms with Gasteiger partial charge in [-0.3, -0.25) is 14.7 Å². The van der Waals surface area contributed by atoms with E-state index in [1.807, 2.05) is 0 Å². The van der Waals surface area contributed by atoms with Crippen LogP contribution in [0.2, 0.25) is 5.02 Å². The molecular formula is C27H27ClF5N9O2. The number of fused-ring (bicyclic) bond motifs is 1. The molecule has 1 saturated heterocycles. The Kier molecular flexibility index (Phi) is 8.74. The van der Waals surface area contributed by atoms with Crippen molar-refractivity contribution >= 4 is 40.2 Å². The molecule has 5 heterocycles.